The Morgan fingerprint density at radius 3 is 2.86 bits per heavy atom. The van der Waals surface area contributed by atoms with Crippen LogP contribution in [0.25, 0.3) is 27.8 Å². The number of aromatic nitrogens is 6. The van der Waals surface area contributed by atoms with Gasteiger partial charge in [-0.3, -0.25) is 0 Å². The Morgan fingerprint density at radius 2 is 2.07 bits per heavy atom. The van der Waals surface area contributed by atoms with Gasteiger partial charge >= 0.3 is 0 Å². The second-order valence-corrected chi connectivity index (χ2v) is 8.31. The van der Waals surface area contributed by atoms with Crippen LogP contribution in [-0.4, -0.2) is 60.8 Å². The van der Waals surface area contributed by atoms with Crippen molar-refractivity contribution < 1.29 is 4.74 Å². The molecule has 0 N–H and O–H groups in total. The van der Waals surface area contributed by atoms with E-state index in [0.29, 0.717) is 24.4 Å². The molecule has 4 aromatic rings. The van der Waals surface area contributed by atoms with Crippen LogP contribution in [0.3, 0.4) is 0 Å². The topological polar surface area (TPSA) is 73.4 Å². The van der Waals surface area contributed by atoms with Gasteiger partial charge in [-0.2, -0.15) is 10.1 Å². The standard InChI is InChI=1S/C21H23N7O/c1-13-25-20-18(28(13)16-3-4-16)7-15(8-22-20)17-5-6-27-19(17)21(23-12-24-27)29-11-14-9-26(2)10-14/h5-8,12,14,16H,3-4,9-11H2,1-2H3. The highest BCUT2D eigenvalue weighted by Gasteiger charge is 2.28. The molecule has 1 aliphatic carbocycles. The van der Waals surface area contributed by atoms with Crippen molar-refractivity contribution in [2.24, 2.45) is 5.92 Å². The van der Waals surface area contributed by atoms with Gasteiger partial charge in [-0.1, -0.05) is 0 Å². The number of ether oxygens (including phenoxy) is 1. The van der Waals surface area contributed by atoms with E-state index in [2.05, 4.69) is 55.6 Å². The molecule has 0 radical (unpaired) electrons. The van der Waals surface area contributed by atoms with Crippen LogP contribution in [0, 0.1) is 12.8 Å². The third kappa shape index (κ3) is 2.78. The van der Waals surface area contributed by atoms with Gasteiger partial charge in [-0.05, 0) is 38.9 Å². The van der Waals surface area contributed by atoms with E-state index in [-0.39, 0.29) is 0 Å². The Morgan fingerprint density at radius 1 is 1.21 bits per heavy atom. The first-order chi connectivity index (χ1) is 14.2. The van der Waals surface area contributed by atoms with Crippen molar-refractivity contribution in [2.45, 2.75) is 25.8 Å². The molecule has 0 unspecified atom stereocenters. The maximum Gasteiger partial charge on any atom is 0.242 e. The summed E-state index contributed by atoms with van der Waals surface area (Å²) in [6.07, 6.45) is 7.82. The Labute approximate surface area is 168 Å². The molecule has 0 atom stereocenters. The van der Waals surface area contributed by atoms with E-state index in [1.807, 2.05) is 16.9 Å². The van der Waals surface area contributed by atoms with Gasteiger partial charge in [0.25, 0.3) is 0 Å². The van der Waals surface area contributed by atoms with E-state index < -0.39 is 0 Å². The van der Waals surface area contributed by atoms with Gasteiger partial charge in [0.2, 0.25) is 5.88 Å². The zero-order chi connectivity index (χ0) is 19.5. The molecule has 6 rings (SSSR count). The Kier molecular flexibility index (Phi) is 3.64. The lowest BCUT2D eigenvalue weighted by molar-refractivity contribution is 0.0843. The number of nitrogens with zero attached hydrogens (tertiary/aromatic N) is 7. The summed E-state index contributed by atoms with van der Waals surface area (Å²) in [5.41, 5.74) is 4.85. The molecule has 148 valence electrons. The van der Waals surface area contributed by atoms with E-state index in [9.17, 15) is 0 Å². The number of aryl methyl sites for hydroxylation is 1. The van der Waals surface area contributed by atoms with Crippen molar-refractivity contribution in [2.75, 3.05) is 26.7 Å². The molecule has 0 bridgehead atoms. The molecule has 0 aromatic carbocycles. The lowest BCUT2D eigenvalue weighted by Crippen LogP contribution is -2.46. The summed E-state index contributed by atoms with van der Waals surface area (Å²) in [5.74, 6) is 2.22. The highest BCUT2D eigenvalue weighted by atomic mass is 16.5. The predicted octanol–water partition coefficient (Wildman–Crippen LogP) is 2.72. The highest BCUT2D eigenvalue weighted by Crippen LogP contribution is 2.39. The molecule has 29 heavy (non-hydrogen) atoms. The molecule has 0 amide bonds. The number of pyridine rings is 1. The smallest absolute Gasteiger partial charge is 0.242 e. The van der Waals surface area contributed by atoms with Crippen LogP contribution in [-0.2, 0) is 0 Å². The van der Waals surface area contributed by atoms with Gasteiger partial charge < -0.3 is 14.2 Å². The number of imidazole rings is 1. The van der Waals surface area contributed by atoms with Crippen molar-refractivity contribution in [3.05, 3.63) is 36.7 Å². The van der Waals surface area contributed by atoms with Crippen LogP contribution in [0.15, 0.2) is 30.9 Å². The van der Waals surface area contributed by atoms with Crippen LogP contribution in [0.4, 0.5) is 0 Å². The lowest BCUT2D eigenvalue weighted by atomic mass is 10.0. The van der Waals surface area contributed by atoms with Crippen molar-refractivity contribution >= 4 is 16.7 Å². The second kappa shape index (κ2) is 6.25. The average molecular weight is 389 g/mol. The third-order valence-corrected chi connectivity index (χ3v) is 5.96. The first-order valence-corrected chi connectivity index (χ1v) is 10.2. The minimum atomic E-state index is 0.558. The summed E-state index contributed by atoms with van der Waals surface area (Å²) >= 11 is 0. The molecular formula is C21H23N7O. The lowest BCUT2D eigenvalue weighted by Gasteiger charge is -2.35. The van der Waals surface area contributed by atoms with Gasteiger partial charge in [-0.15, -0.1) is 0 Å². The van der Waals surface area contributed by atoms with Crippen molar-refractivity contribution in [1.82, 2.24) is 34.0 Å². The SMILES string of the molecule is Cc1nc2ncc(-c3ccn4ncnc(OCC5CN(C)C5)c34)cc2n1C1CC1. The van der Waals surface area contributed by atoms with E-state index in [0.717, 1.165) is 46.7 Å². The van der Waals surface area contributed by atoms with E-state index >= 15 is 0 Å². The minimum Gasteiger partial charge on any atom is -0.476 e. The first kappa shape index (κ1) is 16.9. The van der Waals surface area contributed by atoms with Crippen LogP contribution < -0.4 is 4.74 Å². The predicted molar refractivity (Wildman–Crippen MR) is 109 cm³/mol. The van der Waals surface area contributed by atoms with Gasteiger partial charge in [0.15, 0.2) is 5.65 Å². The number of hydrogen-bond acceptors (Lipinski definition) is 6. The monoisotopic (exact) mass is 389 g/mol. The molecule has 2 aliphatic rings. The molecule has 1 saturated heterocycles. The molecule has 8 heteroatoms. The summed E-state index contributed by atoms with van der Waals surface area (Å²) in [7, 11) is 2.13. The Balaban J connectivity index is 1.41. The largest absolute Gasteiger partial charge is 0.476 e. The second-order valence-electron chi connectivity index (χ2n) is 8.31. The fourth-order valence-corrected chi connectivity index (χ4v) is 4.43. The zero-order valence-electron chi connectivity index (χ0n) is 16.6. The molecule has 1 saturated carbocycles. The summed E-state index contributed by atoms with van der Waals surface area (Å²) in [4.78, 5) is 16.0. The molecule has 1 aliphatic heterocycles. The minimum absolute atomic E-state index is 0.558. The van der Waals surface area contributed by atoms with Gasteiger partial charge in [0, 0.05) is 48.6 Å². The molecule has 2 fully saturated rings. The zero-order valence-corrected chi connectivity index (χ0v) is 16.6. The van der Waals surface area contributed by atoms with E-state index in [1.54, 1.807) is 6.33 Å². The fourth-order valence-electron chi connectivity index (χ4n) is 4.43. The summed E-state index contributed by atoms with van der Waals surface area (Å²) in [5, 5.41) is 4.36. The first-order valence-electron chi connectivity index (χ1n) is 10.2. The fraction of sp³-hybridized carbons (Fsp3) is 0.429. The summed E-state index contributed by atoms with van der Waals surface area (Å²) < 4.78 is 10.3. The highest BCUT2D eigenvalue weighted by molar-refractivity contribution is 5.88. The van der Waals surface area contributed by atoms with E-state index in [1.165, 1.54) is 12.8 Å². The normalized spacial score (nSPS) is 17.9. The number of hydrogen-bond donors (Lipinski definition) is 0. The van der Waals surface area contributed by atoms with Crippen LogP contribution in [0.5, 0.6) is 5.88 Å². The number of likely N-dealkylation sites (tertiary alicyclic amines) is 1. The average Bonchev–Trinajstić information content (AvgIpc) is 3.33. The maximum absolute atomic E-state index is 6.12. The third-order valence-electron chi connectivity index (χ3n) is 5.96. The number of fused-ring (bicyclic) bond motifs is 2. The quantitative estimate of drug-likeness (QED) is 0.523. The number of rotatable bonds is 5. The van der Waals surface area contributed by atoms with Gasteiger partial charge in [-0.25, -0.2) is 14.5 Å². The van der Waals surface area contributed by atoms with E-state index in [4.69, 9.17) is 4.74 Å². The molecule has 8 nitrogen and oxygen atoms in total. The van der Waals surface area contributed by atoms with Crippen LogP contribution >= 0.6 is 0 Å². The summed E-state index contributed by atoms with van der Waals surface area (Å²) in [6, 6.07) is 4.81. The van der Waals surface area contributed by atoms with Gasteiger partial charge in [0.05, 0.1) is 12.1 Å². The van der Waals surface area contributed by atoms with Crippen molar-refractivity contribution in [3.63, 3.8) is 0 Å². The molecule has 0 spiro atoms. The van der Waals surface area contributed by atoms with Crippen molar-refractivity contribution in [3.8, 4) is 17.0 Å². The Bertz CT molecular complexity index is 1220. The van der Waals surface area contributed by atoms with Gasteiger partial charge in [0.1, 0.15) is 17.7 Å². The molecule has 5 heterocycles. The molecule has 4 aromatic heterocycles. The Hall–Kier alpha value is -3.00. The summed E-state index contributed by atoms with van der Waals surface area (Å²) in [6.45, 7) is 4.87. The van der Waals surface area contributed by atoms with Crippen LogP contribution in [0.1, 0.15) is 24.7 Å². The van der Waals surface area contributed by atoms with Crippen LogP contribution in [0.2, 0.25) is 0 Å². The van der Waals surface area contributed by atoms with Crippen molar-refractivity contribution in [1.29, 1.82) is 0 Å². The maximum atomic E-state index is 6.12. The molecular weight excluding hydrogens is 366 g/mol.